The number of nitrogens with two attached hydrogens (primary N) is 3. The summed E-state index contributed by atoms with van der Waals surface area (Å²) in [5.41, 5.74) is 16.1. The van der Waals surface area contributed by atoms with Crippen LogP contribution in [0.4, 0.5) is 0 Å². The number of nitrogens with one attached hydrogen (secondary N) is 7. The summed E-state index contributed by atoms with van der Waals surface area (Å²) in [7, 11) is 0. The molecule has 26 heteroatoms. The minimum Gasteiger partial charge on any atom is -0.481 e. The molecule has 0 spiro atoms. The lowest BCUT2D eigenvalue weighted by Gasteiger charge is -2.28. The summed E-state index contributed by atoms with van der Waals surface area (Å²) in [6, 6.07) is -12.9. The number of carboxylic acids is 2. The van der Waals surface area contributed by atoms with Gasteiger partial charge in [-0.15, -0.1) is 0 Å². The molecule has 0 rings (SSSR count). The number of hydrogen-bond acceptors (Lipinski definition) is 15. The van der Waals surface area contributed by atoms with Gasteiger partial charge in [-0.2, -0.15) is 0 Å². The SMILES string of the molecule is CC(C)C[C@H](N)C(=O)N[C@@H](CO)C(=O)N[C@@H](CO)C(=O)N[C@H](C(=O)N[C@@H](CCC(N)=O)C(=O)N[C@@H](CCC(=O)O)C(=O)N[C@@H](CO)C(=O)N[C@@H](CCC(N)=O)C(=O)O)C(C)C. The van der Waals surface area contributed by atoms with Gasteiger partial charge in [-0.3, -0.25) is 47.9 Å². The second kappa shape index (κ2) is 27.7. The Labute approximate surface area is 350 Å². The third-order valence-electron chi connectivity index (χ3n) is 8.64. The van der Waals surface area contributed by atoms with Crippen LogP contribution < -0.4 is 54.4 Å². The first kappa shape index (κ1) is 55.0. The molecular formula is C35H60N10O16. The monoisotopic (exact) mass is 876 g/mol. The van der Waals surface area contributed by atoms with E-state index < -0.39 is 178 Å². The van der Waals surface area contributed by atoms with Crippen LogP contribution in [0.25, 0.3) is 0 Å². The van der Waals surface area contributed by atoms with Crippen LogP contribution in [-0.2, 0) is 52.7 Å². The van der Waals surface area contributed by atoms with Crippen molar-refractivity contribution in [1.29, 1.82) is 0 Å². The predicted molar refractivity (Wildman–Crippen MR) is 208 cm³/mol. The van der Waals surface area contributed by atoms with Crippen LogP contribution in [0.5, 0.6) is 0 Å². The Hall–Kier alpha value is -5.99. The number of aliphatic hydroxyl groups excluding tert-OH is 3. The third kappa shape index (κ3) is 21.2. The second-order valence-corrected chi connectivity index (χ2v) is 14.7. The molecule has 0 saturated carbocycles. The summed E-state index contributed by atoms with van der Waals surface area (Å²) in [6.07, 6.45) is -3.06. The zero-order chi connectivity index (χ0) is 47.1. The van der Waals surface area contributed by atoms with Crippen LogP contribution in [0.15, 0.2) is 0 Å². The van der Waals surface area contributed by atoms with Gasteiger partial charge < -0.3 is 80.0 Å². The average Bonchev–Trinajstić information content (AvgIpc) is 3.17. The molecule has 346 valence electrons. The van der Waals surface area contributed by atoms with E-state index >= 15 is 0 Å². The molecule has 0 radical (unpaired) electrons. The van der Waals surface area contributed by atoms with Crippen LogP contribution in [-0.4, -0.2) is 159 Å². The van der Waals surface area contributed by atoms with E-state index in [1.54, 1.807) is 13.8 Å². The molecule has 9 amide bonds. The summed E-state index contributed by atoms with van der Waals surface area (Å²) in [5.74, 6) is -13.3. The van der Waals surface area contributed by atoms with Gasteiger partial charge in [0, 0.05) is 19.3 Å². The normalized spacial score (nSPS) is 15.0. The molecule has 0 aromatic carbocycles. The van der Waals surface area contributed by atoms with E-state index in [1.807, 2.05) is 5.32 Å². The van der Waals surface area contributed by atoms with Crippen LogP contribution in [0.3, 0.4) is 0 Å². The lowest BCUT2D eigenvalue weighted by Crippen LogP contribution is -2.61. The number of aliphatic carboxylic acids is 2. The first-order chi connectivity index (χ1) is 28.4. The van der Waals surface area contributed by atoms with Crippen molar-refractivity contribution < 1.29 is 78.3 Å². The fourth-order valence-electron chi connectivity index (χ4n) is 5.25. The van der Waals surface area contributed by atoms with Crippen molar-refractivity contribution in [3.05, 3.63) is 0 Å². The molecule has 0 unspecified atom stereocenters. The molecule has 0 bridgehead atoms. The first-order valence-corrected chi connectivity index (χ1v) is 19.1. The molecule has 61 heavy (non-hydrogen) atoms. The largest absolute Gasteiger partial charge is 0.481 e. The summed E-state index contributed by atoms with van der Waals surface area (Å²) in [4.78, 5) is 137. The first-order valence-electron chi connectivity index (χ1n) is 19.1. The fraction of sp³-hybridized carbons (Fsp3) is 0.686. The summed E-state index contributed by atoms with van der Waals surface area (Å²) < 4.78 is 0. The molecule has 0 aromatic rings. The maximum absolute atomic E-state index is 13.6. The number of hydrogen-bond donors (Lipinski definition) is 15. The lowest BCUT2D eigenvalue weighted by atomic mass is 10.0. The van der Waals surface area contributed by atoms with Gasteiger partial charge in [-0.1, -0.05) is 27.7 Å². The average molecular weight is 877 g/mol. The maximum atomic E-state index is 13.6. The van der Waals surface area contributed by atoms with Crippen molar-refractivity contribution in [2.45, 2.75) is 121 Å². The van der Waals surface area contributed by atoms with Crippen molar-refractivity contribution >= 4 is 65.1 Å². The van der Waals surface area contributed by atoms with Gasteiger partial charge in [-0.05, 0) is 37.5 Å². The van der Waals surface area contributed by atoms with Crippen LogP contribution in [0.2, 0.25) is 0 Å². The maximum Gasteiger partial charge on any atom is 0.326 e. The Bertz CT molecular complexity index is 1580. The van der Waals surface area contributed by atoms with Gasteiger partial charge in [-0.25, -0.2) is 4.79 Å². The molecule has 0 aromatic heterocycles. The molecule has 0 heterocycles. The Morgan fingerprint density at radius 2 is 0.787 bits per heavy atom. The predicted octanol–water partition coefficient (Wildman–Crippen LogP) is -7.13. The number of aliphatic hydroxyl groups is 3. The topological polar surface area (TPSA) is 451 Å². The van der Waals surface area contributed by atoms with E-state index in [-0.39, 0.29) is 12.3 Å². The van der Waals surface area contributed by atoms with Crippen LogP contribution in [0, 0.1) is 11.8 Å². The molecule has 0 aliphatic heterocycles. The highest BCUT2D eigenvalue weighted by Gasteiger charge is 2.35. The minimum atomic E-state index is -1.86. The zero-order valence-electron chi connectivity index (χ0n) is 34.3. The van der Waals surface area contributed by atoms with Crippen molar-refractivity contribution in [2.24, 2.45) is 29.0 Å². The third-order valence-corrected chi connectivity index (χ3v) is 8.64. The summed E-state index contributed by atoms with van der Waals surface area (Å²) in [5, 5.41) is 63.4. The highest BCUT2D eigenvalue weighted by Crippen LogP contribution is 2.09. The van der Waals surface area contributed by atoms with Crippen molar-refractivity contribution in [3.8, 4) is 0 Å². The minimum absolute atomic E-state index is 0.0225. The number of carbonyl (C=O) groups excluding carboxylic acids is 9. The Morgan fingerprint density at radius 3 is 1.15 bits per heavy atom. The van der Waals surface area contributed by atoms with Crippen LogP contribution >= 0.6 is 0 Å². The molecular weight excluding hydrogens is 816 g/mol. The molecule has 18 N–H and O–H groups in total. The van der Waals surface area contributed by atoms with E-state index in [0.717, 1.165) is 0 Å². The van der Waals surface area contributed by atoms with E-state index in [4.69, 9.17) is 17.2 Å². The molecule has 0 saturated heterocycles. The van der Waals surface area contributed by atoms with Gasteiger partial charge in [0.1, 0.15) is 42.3 Å². The number of primary amides is 2. The number of amides is 9. The Morgan fingerprint density at radius 1 is 0.459 bits per heavy atom. The van der Waals surface area contributed by atoms with Crippen molar-refractivity contribution in [1.82, 2.24) is 37.2 Å². The highest BCUT2D eigenvalue weighted by molar-refractivity contribution is 5.98. The standard InChI is InChI=1S/C35H60N10O16/c1-15(2)11-17(36)28(53)42-21(12-46)32(57)44-23(14-48)33(58)45-27(16(3)4)34(59)40-18(5-8-24(37)49)29(54)39-19(7-10-26(51)52)30(55)43-22(13-47)31(56)41-20(35(60)61)6-9-25(38)50/h15-23,27,46-48H,5-14,36H2,1-4H3,(H2,37,49)(H2,38,50)(H,39,54)(H,40,59)(H,41,56)(H,42,53)(H,43,55)(H,44,57)(H,45,58)(H,51,52)(H,60,61)/t17-,18-,19-,20-,21-,22-,23-,27-/m0/s1. The molecule has 0 aliphatic rings. The number of rotatable bonds is 30. The van der Waals surface area contributed by atoms with E-state index in [2.05, 4.69) is 31.9 Å². The van der Waals surface area contributed by atoms with Crippen molar-refractivity contribution in [2.75, 3.05) is 19.8 Å². The van der Waals surface area contributed by atoms with Gasteiger partial charge in [0.05, 0.1) is 25.9 Å². The zero-order valence-corrected chi connectivity index (χ0v) is 34.3. The quantitative estimate of drug-likeness (QED) is 0.0319. The molecule has 0 fully saturated rings. The van der Waals surface area contributed by atoms with Gasteiger partial charge >= 0.3 is 11.9 Å². The van der Waals surface area contributed by atoms with Crippen molar-refractivity contribution in [3.63, 3.8) is 0 Å². The molecule has 0 aliphatic carbocycles. The number of carbonyl (C=O) groups is 11. The van der Waals surface area contributed by atoms with Gasteiger partial charge in [0.15, 0.2) is 0 Å². The molecule has 8 atom stereocenters. The molecule has 26 nitrogen and oxygen atoms in total. The highest BCUT2D eigenvalue weighted by atomic mass is 16.4. The van der Waals surface area contributed by atoms with Gasteiger partial charge in [0.25, 0.3) is 0 Å². The van der Waals surface area contributed by atoms with E-state index in [1.165, 1.54) is 13.8 Å². The summed E-state index contributed by atoms with van der Waals surface area (Å²) in [6.45, 7) is 3.47. The smallest absolute Gasteiger partial charge is 0.326 e. The Kier molecular flexibility index (Phi) is 25.0. The summed E-state index contributed by atoms with van der Waals surface area (Å²) >= 11 is 0. The number of carboxylic acid groups (broad SMARTS) is 2. The van der Waals surface area contributed by atoms with Crippen LogP contribution in [0.1, 0.15) is 72.6 Å². The lowest BCUT2D eigenvalue weighted by molar-refractivity contribution is -0.143. The van der Waals surface area contributed by atoms with Gasteiger partial charge in [0.2, 0.25) is 53.2 Å². The second-order valence-electron chi connectivity index (χ2n) is 14.7. The fourth-order valence-corrected chi connectivity index (χ4v) is 5.25. The Balaban J connectivity index is 6.20. The van der Waals surface area contributed by atoms with E-state index in [9.17, 15) is 78.3 Å². The van der Waals surface area contributed by atoms with E-state index in [0.29, 0.717) is 0 Å².